The molecule has 0 bridgehead atoms. The first-order chi connectivity index (χ1) is 11.5. The van der Waals surface area contributed by atoms with Crippen LogP contribution in [0.3, 0.4) is 0 Å². The topological polar surface area (TPSA) is 61.8 Å². The Kier molecular flexibility index (Phi) is 9.84. The van der Waals surface area contributed by atoms with Gasteiger partial charge >= 0.3 is 0 Å². The lowest BCUT2D eigenvalue weighted by Gasteiger charge is -2.13. The summed E-state index contributed by atoms with van der Waals surface area (Å²) in [5.41, 5.74) is 0.951. The van der Waals surface area contributed by atoms with E-state index >= 15 is 0 Å². The third kappa shape index (κ3) is 8.72. The Balaban J connectivity index is 2.43. The van der Waals surface area contributed by atoms with E-state index in [1.54, 1.807) is 0 Å². The lowest BCUT2D eigenvalue weighted by molar-refractivity contribution is 0.128. The second kappa shape index (κ2) is 11.7. The highest BCUT2D eigenvalue weighted by atomic mass is 16.5. The van der Waals surface area contributed by atoms with Gasteiger partial charge in [-0.25, -0.2) is 9.98 Å². The molecule has 0 saturated carbocycles. The van der Waals surface area contributed by atoms with E-state index in [0.29, 0.717) is 19.1 Å². The van der Waals surface area contributed by atoms with Crippen molar-refractivity contribution >= 4 is 11.8 Å². The number of ether oxygens (including phenoxy) is 1. The van der Waals surface area contributed by atoms with Crippen molar-refractivity contribution in [1.82, 2.24) is 15.6 Å². The molecule has 0 fully saturated rings. The third-order valence-electron chi connectivity index (χ3n) is 3.37. The first-order valence-corrected chi connectivity index (χ1v) is 8.76. The highest BCUT2D eigenvalue weighted by molar-refractivity contribution is 5.79. The normalized spacial score (nSPS) is 11.7. The summed E-state index contributed by atoms with van der Waals surface area (Å²) in [7, 11) is 3.97. The van der Waals surface area contributed by atoms with Crippen molar-refractivity contribution in [1.29, 1.82) is 0 Å². The molecule has 0 aliphatic heterocycles. The third-order valence-corrected chi connectivity index (χ3v) is 3.37. The maximum Gasteiger partial charge on any atom is 0.191 e. The average Bonchev–Trinajstić information content (AvgIpc) is 2.55. The number of hydrogen-bond acceptors (Lipinski definition) is 4. The van der Waals surface area contributed by atoms with Crippen molar-refractivity contribution in [2.24, 2.45) is 10.9 Å². The number of anilines is 1. The van der Waals surface area contributed by atoms with Crippen molar-refractivity contribution in [3.05, 3.63) is 23.9 Å². The molecular weight excluding hydrogens is 302 g/mol. The Labute approximate surface area is 146 Å². The first kappa shape index (κ1) is 20.2. The van der Waals surface area contributed by atoms with Crippen molar-refractivity contribution in [3.8, 4) is 0 Å². The van der Waals surface area contributed by atoms with Crippen molar-refractivity contribution in [2.45, 2.75) is 33.7 Å². The predicted molar refractivity (Wildman–Crippen MR) is 102 cm³/mol. The van der Waals surface area contributed by atoms with Gasteiger partial charge in [0.15, 0.2) is 5.96 Å². The zero-order valence-corrected chi connectivity index (χ0v) is 15.8. The van der Waals surface area contributed by atoms with Gasteiger partial charge in [0.1, 0.15) is 5.82 Å². The Hall–Kier alpha value is -1.82. The van der Waals surface area contributed by atoms with E-state index in [0.717, 1.165) is 43.6 Å². The molecule has 1 rings (SSSR count). The van der Waals surface area contributed by atoms with Crippen LogP contribution in [0, 0.1) is 5.92 Å². The number of guanidine groups is 1. The molecule has 0 unspecified atom stereocenters. The minimum Gasteiger partial charge on any atom is -0.380 e. The summed E-state index contributed by atoms with van der Waals surface area (Å²) in [5.74, 6) is 2.42. The number of hydrogen-bond donors (Lipinski definition) is 2. The van der Waals surface area contributed by atoms with Crippen LogP contribution < -0.4 is 15.5 Å². The van der Waals surface area contributed by atoms with Crippen LogP contribution in [0.15, 0.2) is 23.2 Å². The van der Waals surface area contributed by atoms with E-state index in [1.807, 2.05) is 37.2 Å². The molecule has 6 nitrogen and oxygen atoms in total. The van der Waals surface area contributed by atoms with Gasteiger partial charge in [0.2, 0.25) is 0 Å². The molecule has 0 aliphatic carbocycles. The molecule has 24 heavy (non-hydrogen) atoms. The number of rotatable bonds is 10. The molecule has 0 saturated heterocycles. The second-order valence-electron chi connectivity index (χ2n) is 6.30. The highest BCUT2D eigenvalue weighted by Gasteiger charge is 2.01. The van der Waals surface area contributed by atoms with E-state index in [9.17, 15) is 0 Å². The summed E-state index contributed by atoms with van der Waals surface area (Å²) in [5, 5.41) is 6.54. The quantitative estimate of drug-likeness (QED) is 0.390. The van der Waals surface area contributed by atoms with Gasteiger partial charge in [-0.05, 0) is 31.4 Å². The van der Waals surface area contributed by atoms with Gasteiger partial charge in [-0.1, -0.05) is 19.9 Å². The van der Waals surface area contributed by atoms with Crippen LogP contribution in [0.25, 0.3) is 0 Å². The van der Waals surface area contributed by atoms with Gasteiger partial charge in [-0.15, -0.1) is 0 Å². The van der Waals surface area contributed by atoms with E-state index in [4.69, 9.17) is 4.74 Å². The van der Waals surface area contributed by atoms with Crippen LogP contribution >= 0.6 is 0 Å². The SMILES string of the molecule is CCNC(=NCc1cccc(N(C)C)n1)NCCOCCC(C)C. The summed E-state index contributed by atoms with van der Waals surface area (Å²) in [6, 6.07) is 6.00. The molecular formula is C18H33N5O. The van der Waals surface area contributed by atoms with Gasteiger partial charge in [-0.3, -0.25) is 0 Å². The highest BCUT2D eigenvalue weighted by Crippen LogP contribution is 2.08. The number of pyridine rings is 1. The van der Waals surface area contributed by atoms with Crippen LogP contribution in [0.2, 0.25) is 0 Å². The Morgan fingerprint density at radius 1 is 1.25 bits per heavy atom. The van der Waals surface area contributed by atoms with Gasteiger partial charge < -0.3 is 20.3 Å². The van der Waals surface area contributed by atoms with Gasteiger partial charge in [-0.2, -0.15) is 0 Å². The standard InChI is InChI=1S/C18H33N5O/c1-6-19-18(20-11-13-24-12-10-15(2)3)21-14-16-8-7-9-17(22-16)23(4)5/h7-9,15H,6,10-14H2,1-5H3,(H2,19,20,21). The minimum atomic E-state index is 0.547. The molecule has 136 valence electrons. The molecule has 0 amide bonds. The van der Waals surface area contributed by atoms with E-state index < -0.39 is 0 Å². The van der Waals surface area contributed by atoms with Crippen molar-refractivity contribution < 1.29 is 4.74 Å². The molecule has 1 aromatic rings. The number of aromatic nitrogens is 1. The Bertz CT molecular complexity index is 488. The summed E-state index contributed by atoms with van der Waals surface area (Å²) in [4.78, 5) is 11.2. The molecule has 2 N–H and O–H groups in total. The Morgan fingerprint density at radius 3 is 2.71 bits per heavy atom. The summed E-state index contributed by atoms with van der Waals surface area (Å²) < 4.78 is 5.61. The average molecular weight is 335 g/mol. The number of aliphatic imine (C=N–C) groups is 1. The molecule has 1 heterocycles. The van der Waals surface area contributed by atoms with E-state index in [2.05, 4.69) is 41.4 Å². The summed E-state index contributed by atoms with van der Waals surface area (Å²) in [6.07, 6.45) is 1.10. The van der Waals surface area contributed by atoms with E-state index in [1.165, 1.54) is 0 Å². The molecule has 1 aromatic heterocycles. The smallest absolute Gasteiger partial charge is 0.191 e. The van der Waals surface area contributed by atoms with Crippen LogP contribution in [0.1, 0.15) is 32.9 Å². The number of nitrogens with zero attached hydrogens (tertiary/aromatic N) is 3. The van der Waals surface area contributed by atoms with Crippen molar-refractivity contribution in [2.75, 3.05) is 45.3 Å². The fraction of sp³-hybridized carbons (Fsp3) is 0.667. The zero-order chi connectivity index (χ0) is 17.8. The largest absolute Gasteiger partial charge is 0.380 e. The van der Waals surface area contributed by atoms with Crippen LogP contribution in [-0.2, 0) is 11.3 Å². The second-order valence-corrected chi connectivity index (χ2v) is 6.30. The van der Waals surface area contributed by atoms with E-state index in [-0.39, 0.29) is 0 Å². The molecule has 0 aliphatic rings. The van der Waals surface area contributed by atoms with Crippen LogP contribution in [-0.4, -0.2) is 51.3 Å². The maximum absolute atomic E-state index is 5.61. The molecule has 0 aromatic carbocycles. The lowest BCUT2D eigenvalue weighted by Crippen LogP contribution is -2.39. The fourth-order valence-electron chi connectivity index (χ4n) is 1.97. The number of nitrogens with one attached hydrogen (secondary N) is 2. The van der Waals surface area contributed by atoms with Gasteiger partial charge in [0, 0.05) is 33.8 Å². The summed E-state index contributed by atoms with van der Waals surface area (Å²) in [6.45, 7) is 10.1. The molecule has 0 radical (unpaired) electrons. The zero-order valence-electron chi connectivity index (χ0n) is 15.8. The van der Waals surface area contributed by atoms with Crippen LogP contribution in [0.4, 0.5) is 5.82 Å². The Morgan fingerprint density at radius 2 is 2.04 bits per heavy atom. The minimum absolute atomic E-state index is 0.547. The van der Waals surface area contributed by atoms with Gasteiger partial charge in [0.25, 0.3) is 0 Å². The van der Waals surface area contributed by atoms with Gasteiger partial charge in [0.05, 0.1) is 18.8 Å². The maximum atomic E-state index is 5.61. The molecule has 6 heteroatoms. The lowest BCUT2D eigenvalue weighted by atomic mass is 10.1. The molecule has 0 spiro atoms. The fourth-order valence-corrected chi connectivity index (χ4v) is 1.97. The van der Waals surface area contributed by atoms with Crippen molar-refractivity contribution in [3.63, 3.8) is 0 Å². The molecule has 0 atom stereocenters. The first-order valence-electron chi connectivity index (χ1n) is 8.76. The summed E-state index contributed by atoms with van der Waals surface area (Å²) >= 11 is 0. The predicted octanol–water partition coefficient (Wildman–Crippen LogP) is 2.27. The van der Waals surface area contributed by atoms with Crippen LogP contribution in [0.5, 0.6) is 0 Å². The monoisotopic (exact) mass is 335 g/mol.